The van der Waals surface area contributed by atoms with Crippen molar-refractivity contribution in [2.75, 3.05) is 18.5 Å². The lowest BCUT2D eigenvalue weighted by molar-refractivity contribution is -0.120. The minimum Gasteiger partial charge on any atom is -0.462 e. The fourth-order valence-corrected chi connectivity index (χ4v) is 7.33. The highest BCUT2D eigenvalue weighted by Crippen LogP contribution is 2.33. The predicted octanol–water partition coefficient (Wildman–Crippen LogP) is 4.23. The van der Waals surface area contributed by atoms with Gasteiger partial charge in [0, 0.05) is 12.1 Å². The third-order valence-corrected chi connectivity index (χ3v) is 9.41. The Balaban J connectivity index is 1.61. The van der Waals surface area contributed by atoms with Gasteiger partial charge in [-0.25, -0.2) is 18.2 Å². The molecule has 3 aromatic rings. The summed E-state index contributed by atoms with van der Waals surface area (Å²) in [5.74, 6) is -0.979. The van der Waals surface area contributed by atoms with Crippen molar-refractivity contribution < 1.29 is 22.7 Å². The van der Waals surface area contributed by atoms with Crippen LogP contribution < -0.4 is 5.32 Å². The molecule has 4 rings (SSSR count). The highest BCUT2D eigenvalue weighted by molar-refractivity contribution is 7.91. The maximum atomic E-state index is 13.2. The number of carbonyl (C=O) groups excluding carboxylic acids is 2. The van der Waals surface area contributed by atoms with E-state index in [1.54, 1.807) is 24.4 Å². The largest absolute Gasteiger partial charge is 0.462 e. The number of aromatic nitrogens is 1. The quantitative estimate of drug-likeness (QED) is 0.482. The number of anilines is 1. The number of hydrogen-bond acceptors (Lipinski definition) is 8. The molecule has 0 saturated carbocycles. The highest BCUT2D eigenvalue weighted by atomic mass is 32.2. The number of rotatable bonds is 7. The Morgan fingerprint density at radius 3 is 2.67 bits per heavy atom. The Kier molecular flexibility index (Phi) is 7.23. The maximum Gasteiger partial charge on any atom is 0.350 e. The fraction of sp³-hybridized carbons (Fsp3) is 0.318. The van der Waals surface area contributed by atoms with Crippen molar-refractivity contribution >= 4 is 49.7 Å². The second-order valence-electron chi connectivity index (χ2n) is 7.33. The van der Waals surface area contributed by atoms with E-state index in [9.17, 15) is 18.0 Å². The van der Waals surface area contributed by atoms with Gasteiger partial charge in [0.2, 0.25) is 5.91 Å². The lowest BCUT2D eigenvalue weighted by Crippen LogP contribution is -2.49. The Hall–Kier alpha value is -2.60. The number of ether oxygens (including phenoxy) is 1. The molecule has 0 bridgehead atoms. The van der Waals surface area contributed by atoms with Gasteiger partial charge in [-0.05, 0) is 31.2 Å². The van der Waals surface area contributed by atoms with E-state index in [1.165, 1.54) is 4.31 Å². The number of esters is 1. The molecule has 174 valence electrons. The summed E-state index contributed by atoms with van der Waals surface area (Å²) in [5, 5.41) is 4.67. The molecule has 1 fully saturated rings. The van der Waals surface area contributed by atoms with Crippen LogP contribution in [0.1, 0.15) is 35.9 Å². The van der Waals surface area contributed by atoms with Crippen molar-refractivity contribution in [2.24, 2.45) is 0 Å². The number of sulfonamides is 1. The Bertz CT molecular complexity index is 1220. The monoisotopic (exact) mass is 505 g/mol. The molecule has 3 heterocycles. The summed E-state index contributed by atoms with van der Waals surface area (Å²) in [6.07, 6.45) is 1.85. The van der Waals surface area contributed by atoms with Crippen LogP contribution in [0.3, 0.4) is 0 Å². The molecule has 33 heavy (non-hydrogen) atoms. The van der Waals surface area contributed by atoms with Crippen LogP contribution >= 0.6 is 22.7 Å². The molecule has 0 radical (unpaired) electrons. The molecule has 1 aliphatic rings. The number of nitrogens with one attached hydrogen (secondary N) is 1. The van der Waals surface area contributed by atoms with E-state index in [-0.39, 0.29) is 27.4 Å². The van der Waals surface area contributed by atoms with Crippen molar-refractivity contribution in [1.82, 2.24) is 9.29 Å². The van der Waals surface area contributed by atoms with Gasteiger partial charge in [0.1, 0.15) is 15.1 Å². The molecular weight excluding hydrogens is 482 g/mol. The molecule has 0 spiro atoms. The van der Waals surface area contributed by atoms with Crippen molar-refractivity contribution in [2.45, 2.75) is 36.4 Å². The van der Waals surface area contributed by atoms with Gasteiger partial charge in [0.25, 0.3) is 10.0 Å². The lowest BCUT2D eigenvalue weighted by atomic mass is 10.0. The lowest BCUT2D eigenvalue weighted by Gasteiger charge is -2.32. The molecule has 1 aromatic carbocycles. The van der Waals surface area contributed by atoms with Gasteiger partial charge in [0.05, 0.1) is 12.3 Å². The average Bonchev–Trinajstić information content (AvgIpc) is 3.51. The molecule has 1 amide bonds. The zero-order valence-electron chi connectivity index (χ0n) is 17.9. The summed E-state index contributed by atoms with van der Waals surface area (Å²) in [5.41, 5.74) is 1.14. The van der Waals surface area contributed by atoms with Gasteiger partial charge in [0.15, 0.2) is 5.13 Å². The van der Waals surface area contributed by atoms with Gasteiger partial charge in [-0.1, -0.05) is 54.2 Å². The van der Waals surface area contributed by atoms with Crippen molar-refractivity contribution in [3.63, 3.8) is 0 Å². The number of amides is 1. The first-order chi connectivity index (χ1) is 15.9. The number of thiazole rings is 1. The van der Waals surface area contributed by atoms with Gasteiger partial charge in [-0.3, -0.25) is 4.79 Å². The first-order valence-electron chi connectivity index (χ1n) is 10.5. The van der Waals surface area contributed by atoms with Crippen LogP contribution in [0.4, 0.5) is 5.13 Å². The third-order valence-electron chi connectivity index (χ3n) is 5.18. The van der Waals surface area contributed by atoms with Crippen LogP contribution in [0.15, 0.2) is 52.1 Å². The van der Waals surface area contributed by atoms with Crippen LogP contribution in [0.25, 0.3) is 11.3 Å². The Morgan fingerprint density at radius 1 is 1.18 bits per heavy atom. The highest BCUT2D eigenvalue weighted by Gasteiger charge is 2.38. The summed E-state index contributed by atoms with van der Waals surface area (Å²) < 4.78 is 32.9. The molecule has 8 nitrogen and oxygen atoms in total. The van der Waals surface area contributed by atoms with Gasteiger partial charge in [-0.2, -0.15) is 4.31 Å². The van der Waals surface area contributed by atoms with Gasteiger partial charge in [-0.15, -0.1) is 11.3 Å². The molecule has 1 unspecified atom stereocenters. The molecule has 1 N–H and O–H groups in total. The number of benzene rings is 1. The minimum atomic E-state index is -3.77. The molecular formula is C22H23N3O5S3. The van der Waals surface area contributed by atoms with E-state index < -0.39 is 27.9 Å². The Labute approximate surface area is 200 Å². The zero-order chi connectivity index (χ0) is 23.4. The molecule has 2 aromatic heterocycles. The van der Waals surface area contributed by atoms with E-state index >= 15 is 0 Å². The van der Waals surface area contributed by atoms with Crippen LogP contribution in [-0.2, 0) is 19.6 Å². The summed E-state index contributed by atoms with van der Waals surface area (Å²) in [7, 11) is -3.77. The first kappa shape index (κ1) is 23.6. The van der Waals surface area contributed by atoms with Crippen molar-refractivity contribution in [3.8, 4) is 11.3 Å². The maximum absolute atomic E-state index is 13.2. The van der Waals surface area contributed by atoms with Crippen LogP contribution in [0.2, 0.25) is 0 Å². The molecule has 1 atom stereocenters. The van der Waals surface area contributed by atoms with Gasteiger partial charge < -0.3 is 10.1 Å². The minimum absolute atomic E-state index is 0.213. The second kappa shape index (κ2) is 10.1. The number of piperidine rings is 1. The molecule has 1 saturated heterocycles. The van der Waals surface area contributed by atoms with E-state index in [0.29, 0.717) is 18.5 Å². The number of nitrogens with zero attached hydrogens (tertiary/aromatic N) is 2. The molecule has 1 aliphatic heterocycles. The molecule has 11 heteroatoms. The van der Waals surface area contributed by atoms with Gasteiger partial charge >= 0.3 is 5.97 Å². The predicted molar refractivity (Wildman–Crippen MR) is 128 cm³/mol. The summed E-state index contributed by atoms with van der Waals surface area (Å²) in [6, 6.07) is 11.5. The summed E-state index contributed by atoms with van der Waals surface area (Å²) in [4.78, 5) is 30.4. The average molecular weight is 506 g/mol. The van der Waals surface area contributed by atoms with E-state index in [4.69, 9.17) is 4.74 Å². The molecule has 0 aliphatic carbocycles. The van der Waals surface area contributed by atoms with Crippen LogP contribution in [0, 0.1) is 0 Å². The SMILES string of the molecule is CCOC(=O)c1sc(NC(=O)C2CCCCN2S(=O)(=O)c2cccs2)nc1-c1ccccc1. The van der Waals surface area contributed by atoms with Crippen LogP contribution in [0.5, 0.6) is 0 Å². The Morgan fingerprint density at radius 2 is 1.97 bits per heavy atom. The normalized spacial score (nSPS) is 16.9. The van der Waals surface area contributed by atoms with Crippen LogP contribution in [-0.4, -0.2) is 48.8 Å². The standard InChI is InChI=1S/C22H23N3O5S3/c1-2-30-21(27)19-18(15-9-4-3-5-10-15)23-22(32-19)24-20(26)16-11-6-7-13-25(16)33(28,29)17-12-8-14-31-17/h3-5,8-10,12,14,16H,2,6-7,11,13H2,1H3,(H,23,24,26). The van der Waals surface area contributed by atoms with Crippen molar-refractivity contribution in [1.29, 1.82) is 0 Å². The first-order valence-corrected chi connectivity index (χ1v) is 13.6. The smallest absolute Gasteiger partial charge is 0.350 e. The number of hydrogen-bond donors (Lipinski definition) is 1. The zero-order valence-corrected chi connectivity index (χ0v) is 20.3. The second-order valence-corrected chi connectivity index (χ2v) is 11.4. The third kappa shape index (κ3) is 5.01. The summed E-state index contributed by atoms with van der Waals surface area (Å²) >= 11 is 2.15. The number of thiophene rings is 1. The topological polar surface area (TPSA) is 106 Å². The van der Waals surface area contributed by atoms with E-state index in [1.807, 2.05) is 30.3 Å². The van der Waals surface area contributed by atoms with E-state index in [0.717, 1.165) is 34.7 Å². The summed E-state index contributed by atoms with van der Waals surface area (Å²) in [6.45, 7) is 2.21. The fourth-order valence-electron chi connectivity index (χ4n) is 3.67. The number of carbonyl (C=O) groups is 2. The van der Waals surface area contributed by atoms with Crippen molar-refractivity contribution in [3.05, 3.63) is 52.7 Å². The van der Waals surface area contributed by atoms with E-state index in [2.05, 4.69) is 10.3 Å².